The smallest absolute Gasteiger partial charge is 0.481 e. The molecule has 0 radical (unpaired) electrons. The molecule has 1 aromatic carbocycles. The molecule has 0 aromatic heterocycles. The Bertz CT molecular complexity index is 1300. The Morgan fingerprint density at radius 2 is 2.00 bits per heavy atom. The topological polar surface area (TPSA) is 166 Å². The van der Waals surface area contributed by atoms with Gasteiger partial charge in [-0.3, -0.25) is 14.9 Å². The Balaban J connectivity index is 1.25. The van der Waals surface area contributed by atoms with Gasteiger partial charge in [0.2, 0.25) is 18.1 Å². The number of para-hydroxylation sites is 1. The Kier molecular flexibility index (Phi) is 9.78. The van der Waals surface area contributed by atoms with Crippen LogP contribution in [0.1, 0.15) is 72.3 Å². The van der Waals surface area contributed by atoms with Gasteiger partial charge in [0.05, 0.1) is 24.8 Å². The molecular formula is C31H47BN6O7. The van der Waals surface area contributed by atoms with Crippen LogP contribution in [0.3, 0.4) is 0 Å². The summed E-state index contributed by atoms with van der Waals surface area (Å²) < 4.78 is 18.6. The van der Waals surface area contributed by atoms with Crippen molar-refractivity contribution in [2.75, 3.05) is 13.7 Å². The van der Waals surface area contributed by atoms with Gasteiger partial charge in [-0.25, -0.2) is 10.1 Å². The lowest BCUT2D eigenvalue weighted by atomic mass is 9.43. The van der Waals surface area contributed by atoms with Crippen molar-refractivity contribution in [3.8, 4) is 5.75 Å². The molecule has 6 rings (SSSR count). The number of nitro groups is 1. The first kappa shape index (κ1) is 33.2. The quantitative estimate of drug-likeness (QED) is 0.0568. The monoisotopic (exact) mass is 626 g/mol. The predicted molar refractivity (Wildman–Crippen MR) is 168 cm³/mol. The molecule has 4 N–H and O–H groups in total. The van der Waals surface area contributed by atoms with Crippen molar-refractivity contribution in [2.45, 2.75) is 96.7 Å². The highest BCUT2D eigenvalue weighted by molar-refractivity contribution is 6.48. The molecule has 2 aliphatic heterocycles. The lowest BCUT2D eigenvalue weighted by Crippen LogP contribution is -2.65. The van der Waals surface area contributed by atoms with E-state index in [1.54, 1.807) is 19.3 Å². The van der Waals surface area contributed by atoms with Crippen LogP contribution < -0.4 is 26.1 Å². The highest BCUT2D eigenvalue weighted by Crippen LogP contribution is 2.65. The first-order chi connectivity index (χ1) is 21.3. The molecule has 3 saturated carbocycles. The third-order valence-corrected chi connectivity index (χ3v) is 10.2. The summed E-state index contributed by atoms with van der Waals surface area (Å²) in [6, 6.07) is 6.48. The normalized spacial score (nSPS) is 29.1. The first-order valence-corrected chi connectivity index (χ1v) is 16.0. The second kappa shape index (κ2) is 13.3. The summed E-state index contributed by atoms with van der Waals surface area (Å²) in [7, 11) is 0.979. The van der Waals surface area contributed by atoms with Crippen LogP contribution in [0.2, 0.25) is 0 Å². The third-order valence-electron chi connectivity index (χ3n) is 10.2. The zero-order chi connectivity index (χ0) is 32.5. The van der Waals surface area contributed by atoms with E-state index in [-0.39, 0.29) is 23.3 Å². The van der Waals surface area contributed by atoms with Gasteiger partial charge in [-0.1, -0.05) is 45.9 Å². The number of benzene rings is 1. The van der Waals surface area contributed by atoms with Gasteiger partial charge >= 0.3 is 7.12 Å². The second-order valence-electron chi connectivity index (χ2n) is 13.9. The summed E-state index contributed by atoms with van der Waals surface area (Å²) in [5, 5.41) is 20.2. The van der Waals surface area contributed by atoms with Crippen LogP contribution in [-0.2, 0) is 18.9 Å². The van der Waals surface area contributed by atoms with Crippen molar-refractivity contribution in [1.82, 2.24) is 26.5 Å². The molecule has 0 spiro atoms. The summed E-state index contributed by atoms with van der Waals surface area (Å²) in [6.07, 6.45) is 6.00. The van der Waals surface area contributed by atoms with Crippen molar-refractivity contribution >= 4 is 25.0 Å². The maximum absolute atomic E-state index is 13.8. The number of nitrogens with zero attached hydrogens (tertiary/aromatic N) is 2. The van der Waals surface area contributed by atoms with Crippen LogP contribution in [0.4, 0.5) is 0 Å². The van der Waals surface area contributed by atoms with Gasteiger partial charge in [0.25, 0.3) is 0 Å². The van der Waals surface area contributed by atoms with E-state index in [0.717, 1.165) is 23.5 Å². The van der Waals surface area contributed by atoms with E-state index in [1.165, 1.54) is 6.08 Å². The van der Waals surface area contributed by atoms with Gasteiger partial charge in [0.15, 0.2) is 5.03 Å². The summed E-state index contributed by atoms with van der Waals surface area (Å²) in [6.45, 7) is 11.4. The maximum Gasteiger partial charge on any atom is 0.481 e. The number of hydrogen-bond acceptors (Lipinski definition) is 9. The van der Waals surface area contributed by atoms with Crippen LogP contribution in [0, 0.1) is 33.3 Å². The van der Waals surface area contributed by atoms with Gasteiger partial charge in [0.1, 0.15) is 11.8 Å². The molecule has 5 aliphatic rings. The van der Waals surface area contributed by atoms with Crippen LogP contribution in [-0.4, -0.2) is 72.7 Å². The molecule has 3 aliphatic carbocycles. The first-order valence-electron chi connectivity index (χ1n) is 16.0. The minimum absolute atomic E-state index is 0.0118. The van der Waals surface area contributed by atoms with Gasteiger partial charge in [-0.05, 0) is 86.0 Å². The second-order valence-corrected chi connectivity index (χ2v) is 13.9. The van der Waals surface area contributed by atoms with E-state index < -0.39 is 41.9 Å². The Hall–Kier alpha value is -3.20. The van der Waals surface area contributed by atoms with Crippen LogP contribution in [0.5, 0.6) is 5.75 Å². The van der Waals surface area contributed by atoms with E-state index in [4.69, 9.17) is 14.0 Å². The number of carbonyl (C=O) groups excluding carboxylic acids is 2. The molecule has 7 atom stereocenters. The van der Waals surface area contributed by atoms with Crippen molar-refractivity contribution in [3.05, 3.63) is 46.0 Å². The summed E-state index contributed by atoms with van der Waals surface area (Å²) >= 11 is 0. The molecule has 13 nitrogen and oxygen atoms in total. The fraction of sp³-hybridized carbons (Fsp3) is 0.677. The standard InChI is InChI=1S/C31H47BN6O7/c1-19(2)16-26(32-44-25-18-21-17-24(30(21,3)4)31(25,5)45-32)35-28(40)22(11-9-15-33-29-36-37(29)38(41)42)34-27(39)14-13-20-10-7-8-12-23(20)43-6/h7-8,10,12-14,19,21-22,24-26,29,33,36H,9,11,15-18H2,1-6H3,(H,34,39)(H,35,40)/t21-,22-,24-,25+,26-,29?,31-,37?/m0/s1. The minimum atomic E-state index is -0.846. The van der Waals surface area contributed by atoms with Gasteiger partial charge in [-0.15, -0.1) is 5.43 Å². The number of hydrazine groups is 2. The molecule has 45 heavy (non-hydrogen) atoms. The van der Waals surface area contributed by atoms with Gasteiger partial charge in [-0.2, -0.15) is 0 Å². The molecule has 2 heterocycles. The number of rotatable bonds is 15. The van der Waals surface area contributed by atoms with Crippen molar-refractivity contribution in [3.63, 3.8) is 0 Å². The number of hydrogen-bond donors (Lipinski definition) is 4. The van der Waals surface area contributed by atoms with E-state index in [9.17, 15) is 19.7 Å². The summed E-state index contributed by atoms with van der Waals surface area (Å²) in [5.74, 6) is 0.755. The van der Waals surface area contributed by atoms with Crippen LogP contribution in [0.25, 0.3) is 6.08 Å². The van der Waals surface area contributed by atoms with Crippen LogP contribution in [0.15, 0.2) is 30.3 Å². The van der Waals surface area contributed by atoms with Gasteiger partial charge < -0.3 is 24.7 Å². The van der Waals surface area contributed by atoms with E-state index >= 15 is 0 Å². The number of methoxy groups -OCH3 is 1. The molecule has 1 aromatic rings. The van der Waals surface area contributed by atoms with E-state index in [1.807, 2.05) is 18.2 Å². The molecule has 2 amide bonds. The zero-order valence-electron chi connectivity index (χ0n) is 27.1. The molecule has 246 valence electrons. The molecule has 2 saturated heterocycles. The van der Waals surface area contributed by atoms with E-state index in [2.05, 4.69) is 56.0 Å². The fourth-order valence-electron chi connectivity index (χ4n) is 7.47. The average molecular weight is 627 g/mol. The Labute approximate surface area is 265 Å². The lowest BCUT2D eigenvalue weighted by molar-refractivity contribution is -0.627. The Morgan fingerprint density at radius 3 is 2.67 bits per heavy atom. The van der Waals surface area contributed by atoms with Crippen molar-refractivity contribution in [2.24, 2.45) is 23.2 Å². The Morgan fingerprint density at radius 1 is 1.24 bits per heavy atom. The number of carbonyl (C=O) groups is 2. The zero-order valence-corrected chi connectivity index (χ0v) is 27.1. The molecule has 1 unspecified atom stereocenters. The SMILES string of the molecule is COc1ccccc1C=CC(=O)N[C@@H](CCCNC1NN1[N+](=O)[O-])C(=O)N[C@@H](CC(C)C)B1O[C@@H]2C[C@@H]3C[C@@H](C3(C)C)[C@]2(C)O1. The lowest BCUT2D eigenvalue weighted by Gasteiger charge is -2.64. The number of ether oxygens (including phenoxy) is 1. The fourth-order valence-corrected chi connectivity index (χ4v) is 7.47. The van der Waals surface area contributed by atoms with Crippen LogP contribution >= 0.6 is 0 Å². The predicted octanol–water partition coefficient (Wildman–Crippen LogP) is 2.66. The highest BCUT2D eigenvalue weighted by atomic mass is 16.7. The van der Waals surface area contributed by atoms with E-state index in [0.29, 0.717) is 43.4 Å². The van der Waals surface area contributed by atoms with Gasteiger partial charge in [0, 0.05) is 11.6 Å². The maximum atomic E-state index is 13.8. The number of nitrogens with one attached hydrogen (secondary N) is 4. The molecular weight excluding hydrogens is 579 g/mol. The molecule has 14 heteroatoms. The largest absolute Gasteiger partial charge is 0.496 e. The summed E-state index contributed by atoms with van der Waals surface area (Å²) in [5.41, 5.74) is 3.12. The third kappa shape index (κ3) is 7.13. The highest BCUT2D eigenvalue weighted by Gasteiger charge is 2.68. The summed E-state index contributed by atoms with van der Waals surface area (Å²) in [4.78, 5) is 37.8. The minimum Gasteiger partial charge on any atom is -0.496 e. The molecule has 2 bridgehead atoms. The number of amides is 2. The molecule has 5 fully saturated rings. The average Bonchev–Trinajstić information content (AvgIpc) is 3.68. The van der Waals surface area contributed by atoms with Crippen molar-refractivity contribution in [1.29, 1.82) is 0 Å². The van der Waals surface area contributed by atoms with Crippen molar-refractivity contribution < 1.29 is 28.7 Å².